The fourth-order valence-corrected chi connectivity index (χ4v) is 4.13. The molecule has 2 aromatic carbocycles. The second kappa shape index (κ2) is 12.3. The van der Waals surface area contributed by atoms with Crippen molar-refractivity contribution in [2.24, 2.45) is 0 Å². The average molecular weight is 477 g/mol. The first-order chi connectivity index (χ1) is 15.1. The number of nitrogens with one attached hydrogen (secondary N) is 1. The molecule has 2 aromatic rings. The van der Waals surface area contributed by atoms with Gasteiger partial charge in [0.1, 0.15) is 6.04 Å². The van der Waals surface area contributed by atoms with E-state index >= 15 is 0 Å². The molecule has 0 aliphatic heterocycles. The maximum absolute atomic E-state index is 13.4. The Morgan fingerprint density at radius 2 is 1.56 bits per heavy atom. The predicted octanol–water partition coefficient (Wildman–Crippen LogP) is 6.38. The van der Waals surface area contributed by atoms with Gasteiger partial charge >= 0.3 is 0 Å². The molecule has 4 nitrogen and oxygen atoms in total. The highest BCUT2D eigenvalue weighted by Crippen LogP contribution is 2.27. The molecule has 0 radical (unpaired) electrons. The van der Waals surface area contributed by atoms with Crippen LogP contribution >= 0.6 is 23.2 Å². The Morgan fingerprint density at radius 3 is 2.06 bits per heavy atom. The quantitative estimate of drug-likeness (QED) is 0.432. The molecule has 32 heavy (non-hydrogen) atoms. The molecule has 0 saturated heterocycles. The molecule has 2 rings (SSSR count). The van der Waals surface area contributed by atoms with Gasteiger partial charge in [0, 0.05) is 34.6 Å². The van der Waals surface area contributed by atoms with Gasteiger partial charge < -0.3 is 10.2 Å². The maximum Gasteiger partial charge on any atom is 0.243 e. The van der Waals surface area contributed by atoms with E-state index in [2.05, 4.69) is 43.4 Å². The van der Waals surface area contributed by atoms with E-state index in [9.17, 15) is 9.59 Å². The highest BCUT2D eigenvalue weighted by atomic mass is 35.5. The van der Waals surface area contributed by atoms with Crippen molar-refractivity contribution in [2.45, 2.75) is 78.4 Å². The van der Waals surface area contributed by atoms with E-state index in [1.165, 1.54) is 5.56 Å². The molecular formula is C26H34Cl2N2O2. The summed E-state index contributed by atoms with van der Waals surface area (Å²) in [7, 11) is 0. The molecule has 0 spiro atoms. The van der Waals surface area contributed by atoms with Gasteiger partial charge in [-0.15, -0.1) is 0 Å². The number of amides is 2. The van der Waals surface area contributed by atoms with Crippen LogP contribution in [0.25, 0.3) is 0 Å². The van der Waals surface area contributed by atoms with Crippen molar-refractivity contribution in [3.05, 3.63) is 69.2 Å². The third-order valence-electron chi connectivity index (χ3n) is 5.48. The van der Waals surface area contributed by atoms with Crippen molar-refractivity contribution in [1.82, 2.24) is 10.2 Å². The molecule has 1 atom stereocenters. The van der Waals surface area contributed by atoms with Crippen LogP contribution in [0.4, 0.5) is 0 Å². The molecule has 1 unspecified atom stereocenters. The largest absolute Gasteiger partial charge is 0.352 e. The van der Waals surface area contributed by atoms with Crippen molar-refractivity contribution >= 4 is 35.0 Å². The number of nitrogens with zero attached hydrogens (tertiary/aromatic N) is 1. The summed E-state index contributed by atoms with van der Waals surface area (Å²) in [6.07, 6.45) is 1.40. The number of carbonyl (C=O) groups is 2. The fraction of sp³-hybridized carbons (Fsp3) is 0.462. The molecule has 6 heteroatoms. The van der Waals surface area contributed by atoms with Gasteiger partial charge in [-0.2, -0.15) is 0 Å². The molecule has 0 aromatic heterocycles. The van der Waals surface area contributed by atoms with E-state index in [1.807, 2.05) is 20.8 Å². The Bertz CT molecular complexity index is 890. The Kier molecular flexibility index (Phi) is 10.0. The smallest absolute Gasteiger partial charge is 0.243 e. The van der Waals surface area contributed by atoms with Gasteiger partial charge in [-0.05, 0) is 55.9 Å². The van der Waals surface area contributed by atoms with E-state index in [0.29, 0.717) is 40.8 Å². The zero-order valence-corrected chi connectivity index (χ0v) is 21.1. The van der Waals surface area contributed by atoms with E-state index in [4.69, 9.17) is 23.2 Å². The maximum atomic E-state index is 13.4. The summed E-state index contributed by atoms with van der Waals surface area (Å²) in [4.78, 5) is 27.9. The summed E-state index contributed by atoms with van der Waals surface area (Å²) < 4.78 is 0. The van der Waals surface area contributed by atoms with Gasteiger partial charge in [-0.3, -0.25) is 9.59 Å². The number of rotatable bonds is 10. The Labute approximate surface area is 202 Å². The Morgan fingerprint density at radius 1 is 0.969 bits per heavy atom. The molecule has 0 heterocycles. The Hall–Kier alpha value is -2.04. The van der Waals surface area contributed by atoms with Crippen LogP contribution in [0.2, 0.25) is 10.0 Å². The van der Waals surface area contributed by atoms with Crippen molar-refractivity contribution < 1.29 is 9.59 Å². The van der Waals surface area contributed by atoms with Crippen LogP contribution in [0.1, 0.15) is 70.1 Å². The third kappa shape index (κ3) is 7.25. The zero-order valence-electron chi connectivity index (χ0n) is 19.6. The van der Waals surface area contributed by atoms with Crippen molar-refractivity contribution in [2.75, 3.05) is 0 Å². The van der Waals surface area contributed by atoms with E-state index in [0.717, 1.165) is 5.56 Å². The summed E-state index contributed by atoms with van der Waals surface area (Å²) in [5.74, 6) is 0.200. The molecule has 174 valence electrons. The van der Waals surface area contributed by atoms with E-state index in [1.54, 1.807) is 23.1 Å². The topological polar surface area (TPSA) is 49.4 Å². The number of hydrogen-bond acceptors (Lipinski definition) is 2. The lowest BCUT2D eigenvalue weighted by Gasteiger charge is -2.31. The van der Waals surface area contributed by atoms with Crippen LogP contribution in [-0.2, 0) is 22.6 Å². The average Bonchev–Trinajstić information content (AvgIpc) is 2.73. The summed E-state index contributed by atoms with van der Waals surface area (Å²) >= 11 is 12.8. The summed E-state index contributed by atoms with van der Waals surface area (Å²) in [5, 5.41) is 3.91. The van der Waals surface area contributed by atoms with E-state index < -0.39 is 6.04 Å². The van der Waals surface area contributed by atoms with Crippen molar-refractivity contribution in [1.29, 1.82) is 0 Å². The van der Waals surface area contributed by atoms with Crippen LogP contribution in [0.3, 0.4) is 0 Å². The van der Waals surface area contributed by atoms with Crippen LogP contribution in [0, 0.1) is 0 Å². The minimum Gasteiger partial charge on any atom is -0.352 e. The number of benzene rings is 2. The monoisotopic (exact) mass is 476 g/mol. The molecule has 1 N–H and O–H groups in total. The molecule has 0 aliphatic carbocycles. The van der Waals surface area contributed by atoms with Crippen LogP contribution in [0.15, 0.2) is 42.5 Å². The number of hydrogen-bond donors (Lipinski definition) is 1. The van der Waals surface area contributed by atoms with Gasteiger partial charge in [-0.25, -0.2) is 0 Å². The minimum absolute atomic E-state index is 0.0168. The first-order valence-corrected chi connectivity index (χ1v) is 12.0. The third-order valence-corrected chi connectivity index (χ3v) is 6.19. The lowest BCUT2D eigenvalue weighted by Crippen LogP contribution is -2.50. The first-order valence-electron chi connectivity index (χ1n) is 11.3. The standard InChI is InChI=1S/C26H34Cl2N2O2/c1-6-24(26(32)29-18(4)5)30(16-21-22(27)8-7-9-23(21)28)25(31)15-12-19-10-13-20(14-11-19)17(2)3/h7-11,13-14,17-18,24H,6,12,15-16H2,1-5H3,(H,29,32). The highest BCUT2D eigenvalue weighted by molar-refractivity contribution is 6.36. The second-order valence-corrected chi connectivity index (χ2v) is 9.52. The van der Waals surface area contributed by atoms with Gasteiger partial charge in [0.2, 0.25) is 11.8 Å². The SMILES string of the molecule is CCC(C(=O)NC(C)C)N(Cc1c(Cl)cccc1Cl)C(=O)CCc1ccc(C(C)C)cc1. The predicted molar refractivity (Wildman–Crippen MR) is 133 cm³/mol. The molecule has 0 fully saturated rings. The normalized spacial score (nSPS) is 12.2. The van der Waals surface area contributed by atoms with Gasteiger partial charge in [-0.1, -0.05) is 74.3 Å². The summed E-state index contributed by atoms with van der Waals surface area (Å²) in [6, 6.07) is 13.0. The molecular weight excluding hydrogens is 443 g/mol. The highest BCUT2D eigenvalue weighted by Gasteiger charge is 2.29. The van der Waals surface area contributed by atoms with Gasteiger partial charge in [0.25, 0.3) is 0 Å². The summed E-state index contributed by atoms with van der Waals surface area (Å²) in [6.45, 7) is 10.2. The van der Waals surface area contributed by atoms with Crippen LogP contribution in [-0.4, -0.2) is 28.8 Å². The number of carbonyl (C=O) groups excluding carboxylic acids is 2. The molecule has 0 saturated carbocycles. The number of halogens is 2. The lowest BCUT2D eigenvalue weighted by atomic mass is 10.00. The van der Waals surface area contributed by atoms with E-state index in [-0.39, 0.29) is 24.4 Å². The Balaban J connectivity index is 2.25. The van der Waals surface area contributed by atoms with Crippen molar-refractivity contribution in [3.8, 4) is 0 Å². The first kappa shape index (κ1) is 26.2. The summed E-state index contributed by atoms with van der Waals surface area (Å²) in [5.41, 5.74) is 3.02. The second-order valence-electron chi connectivity index (χ2n) is 8.71. The fourth-order valence-electron chi connectivity index (χ4n) is 3.62. The number of aryl methyl sites for hydroxylation is 1. The zero-order chi connectivity index (χ0) is 23.8. The molecule has 0 bridgehead atoms. The molecule has 0 aliphatic rings. The van der Waals surface area contributed by atoms with Crippen LogP contribution < -0.4 is 5.32 Å². The lowest BCUT2D eigenvalue weighted by molar-refractivity contribution is -0.141. The van der Waals surface area contributed by atoms with Crippen LogP contribution in [0.5, 0.6) is 0 Å². The van der Waals surface area contributed by atoms with Crippen molar-refractivity contribution in [3.63, 3.8) is 0 Å². The minimum atomic E-state index is -0.597. The van der Waals surface area contributed by atoms with Gasteiger partial charge in [0.15, 0.2) is 0 Å². The van der Waals surface area contributed by atoms with Gasteiger partial charge in [0.05, 0.1) is 0 Å². The molecule has 2 amide bonds.